The number of hydrogen-bond donors (Lipinski definition) is 0. The number of para-hydroxylation sites is 7. The number of aromatic nitrogens is 2. The maximum absolute atomic E-state index is 2.65. The van der Waals surface area contributed by atoms with Crippen molar-refractivity contribution in [3.05, 3.63) is 445 Å². The van der Waals surface area contributed by atoms with E-state index >= 15 is 0 Å². The molecular formula is C110H66N4S2. The highest BCUT2D eigenvalue weighted by atomic mass is 32.1. The number of benzene rings is 18. The molecule has 0 amide bonds. The summed E-state index contributed by atoms with van der Waals surface area (Å²) in [6, 6.07) is 152. The predicted molar refractivity (Wildman–Crippen MR) is 488 cm³/mol. The molecule has 1 unspecified atom stereocenters. The van der Waals surface area contributed by atoms with Gasteiger partial charge in [0.1, 0.15) is 0 Å². The summed E-state index contributed by atoms with van der Waals surface area (Å²) in [7, 11) is 0. The molecule has 0 bridgehead atoms. The monoisotopic (exact) mass is 1510 g/mol. The van der Waals surface area contributed by atoms with Crippen molar-refractivity contribution in [1.82, 2.24) is 9.13 Å². The lowest BCUT2D eigenvalue weighted by atomic mass is 9.65. The third-order valence-electron chi connectivity index (χ3n) is 26.1. The SMILES string of the molecule is c1ccc(N(c2ccc3c(c2)C2(c4ccccc4-c4ccccc42)c2cccc4c5ccc(-c6cccc7c6-c6ccccc6C76c7ccc(N(c8ccccc8)c8ccccc8-c8cccc9c8sc8ccccc89)cc7-n7c8ccccc8c8cccc6c87)cc5n-3c24)c2ccccc2-c2ccc3sc4ccccc4c3c2)cc1. The van der Waals surface area contributed by atoms with Gasteiger partial charge in [-0.2, -0.15) is 0 Å². The maximum Gasteiger partial charge on any atom is 0.0755 e. The summed E-state index contributed by atoms with van der Waals surface area (Å²) in [5.41, 5.74) is 34.7. The molecule has 1 atom stereocenters. The minimum atomic E-state index is -0.736. The molecule has 116 heavy (non-hydrogen) atoms. The zero-order valence-corrected chi connectivity index (χ0v) is 64.3. The maximum atomic E-state index is 2.65. The summed E-state index contributed by atoms with van der Waals surface area (Å²) < 4.78 is 10.4. The molecule has 4 aliphatic rings. The van der Waals surface area contributed by atoms with E-state index < -0.39 is 10.8 Å². The highest BCUT2D eigenvalue weighted by Gasteiger charge is 2.54. The summed E-state index contributed by atoms with van der Waals surface area (Å²) in [6.45, 7) is 0. The van der Waals surface area contributed by atoms with Gasteiger partial charge in [-0.25, -0.2) is 0 Å². The molecule has 26 rings (SSSR count). The Labute approximate surface area is 677 Å². The van der Waals surface area contributed by atoms with Crippen LogP contribution in [0.2, 0.25) is 0 Å². The zero-order chi connectivity index (χ0) is 75.6. The van der Waals surface area contributed by atoms with E-state index in [0.717, 1.165) is 45.4 Å². The second-order valence-electron chi connectivity index (χ2n) is 31.6. The number of hydrogen-bond acceptors (Lipinski definition) is 4. The third-order valence-corrected chi connectivity index (χ3v) is 28.5. The normalized spacial score (nSPS) is 14.3. The molecule has 2 aliphatic carbocycles. The Balaban J connectivity index is 0.692. The van der Waals surface area contributed by atoms with Crippen molar-refractivity contribution in [2.75, 3.05) is 9.80 Å². The van der Waals surface area contributed by atoms with Gasteiger partial charge in [-0.3, -0.25) is 0 Å². The molecule has 2 spiro atoms. The summed E-state index contributed by atoms with van der Waals surface area (Å²) in [5.74, 6) is 0. The van der Waals surface area contributed by atoms with E-state index in [1.165, 1.54) is 184 Å². The molecule has 0 saturated heterocycles. The van der Waals surface area contributed by atoms with Crippen molar-refractivity contribution in [3.8, 4) is 67.0 Å². The largest absolute Gasteiger partial charge is 0.310 e. The lowest BCUT2D eigenvalue weighted by molar-refractivity contribution is 0.748. The predicted octanol–water partition coefficient (Wildman–Crippen LogP) is 29.9. The van der Waals surface area contributed by atoms with Gasteiger partial charge in [-0.15, -0.1) is 22.7 Å². The van der Waals surface area contributed by atoms with Gasteiger partial charge < -0.3 is 18.9 Å². The van der Waals surface area contributed by atoms with Gasteiger partial charge in [0.05, 0.1) is 55.6 Å². The lowest BCUT2D eigenvalue weighted by Crippen LogP contribution is -2.33. The van der Waals surface area contributed by atoms with Gasteiger partial charge in [0.2, 0.25) is 0 Å². The molecule has 538 valence electrons. The summed E-state index contributed by atoms with van der Waals surface area (Å²) in [6.07, 6.45) is 0. The summed E-state index contributed by atoms with van der Waals surface area (Å²) in [4.78, 5) is 5.01. The first-order chi connectivity index (χ1) is 57.6. The van der Waals surface area contributed by atoms with Gasteiger partial charge in [-0.1, -0.05) is 297 Å². The van der Waals surface area contributed by atoms with Gasteiger partial charge in [0, 0.05) is 101 Å². The first kappa shape index (κ1) is 64.2. The van der Waals surface area contributed by atoms with E-state index in [1.807, 2.05) is 22.7 Å². The topological polar surface area (TPSA) is 16.3 Å². The molecule has 4 aromatic heterocycles. The van der Waals surface area contributed by atoms with E-state index in [9.17, 15) is 0 Å². The Hall–Kier alpha value is -14.4. The smallest absolute Gasteiger partial charge is 0.0755 e. The van der Waals surface area contributed by atoms with Crippen molar-refractivity contribution >= 4 is 141 Å². The fraction of sp³-hybridized carbons (Fsp3) is 0.0182. The number of anilines is 6. The van der Waals surface area contributed by atoms with Crippen molar-refractivity contribution < 1.29 is 0 Å². The highest BCUT2D eigenvalue weighted by molar-refractivity contribution is 7.26. The van der Waals surface area contributed by atoms with Gasteiger partial charge >= 0.3 is 0 Å². The Bertz CT molecular complexity index is 7960. The van der Waals surface area contributed by atoms with Crippen LogP contribution in [0.15, 0.2) is 400 Å². The Morgan fingerprint density at radius 1 is 0.216 bits per heavy atom. The molecule has 0 radical (unpaired) electrons. The van der Waals surface area contributed by atoms with Crippen LogP contribution in [0, 0.1) is 0 Å². The van der Waals surface area contributed by atoms with Crippen molar-refractivity contribution in [3.63, 3.8) is 0 Å². The standard InChI is InChI=1S/C110H66N4S2/c1-3-27-69(28-4-1)111(96-50-18-10-31-73(96)67-56-62-104-87(63-67)81-37-14-21-53-102(81)115-104)71-58-61-99-95(65-71)109(88-44-15-7-32-75(88)76-33-8-16-45-89(76)109)93-48-26-41-83-79-59-55-68(64-100(79)114(99)107(83)93)74-39-24-47-92-105(74)86-38-9-17-46-90(86)110(92)91-60-57-72(66-101(91)113-98-52-20-11-34-77(98)82-40-25-49-94(110)106(82)113)112(70-29-5-2-6-30-70)97-51-19-12-35-78(97)84-42-23-43-85-80-36-13-22-54-103(80)116-108(84)85/h1-66H. The van der Waals surface area contributed by atoms with E-state index in [2.05, 4.69) is 419 Å². The van der Waals surface area contributed by atoms with Crippen LogP contribution in [0.4, 0.5) is 34.1 Å². The molecule has 0 N–H and O–H groups in total. The first-order valence-electron chi connectivity index (χ1n) is 40.1. The molecule has 0 fully saturated rings. The number of rotatable bonds is 9. The van der Waals surface area contributed by atoms with E-state index in [4.69, 9.17) is 0 Å². The Kier molecular flexibility index (Phi) is 13.3. The molecule has 6 heterocycles. The molecular weight excluding hydrogens is 1440 g/mol. The van der Waals surface area contributed by atoms with Crippen LogP contribution < -0.4 is 9.80 Å². The van der Waals surface area contributed by atoms with Crippen LogP contribution >= 0.6 is 22.7 Å². The quantitative estimate of drug-likeness (QED) is 0.143. The summed E-state index contributed by atoms with van der Waals surface area (Å²) in [5, 5.41) is 10.1. The second kappa shape index (κ2) is 24.1. The van der Waals surface area contributed by atoms with Gasteiger partial charge in [0.15, 0.2) is 0 Å². The van der Waals surface area contributed by atoms with Crippen LogP contribution in [0.25, 0.3) is 151 Å². The van der Waals surface area contributed by atoms with Crippen molar-refractivity contribution in [2.45, 2.75) is 10.8 Å². The van der Waals surface area contributed by atoms with Crippen LogP contribution in [0.1, 0.15) is 44.5 Å². The highest BCUT2D eigenvalue weighted by Crippen LogP contribution is 2.66. The van der Waals surface area contributed by atoms with Crippen LogP contribution in [0.3, 0.4) is 0 Å². The molecule has 0 saturated carbocycles. The minimum absolute atomic E-state index is 0.693. The fourth-order valence-electron chi connectivity index (χ4n) is 21.6. The Morgan fingerprint density at radius 3 is 1.39 bits per heavy atom. The van der Waals surface area contributed by atoms with Crippen molar-refractivity contribution in [1.29, 1.82) is 0 Å². The molecule has 6 heteroatoms. The van der Waals surface area contributed by atoms with E-state index in [1.54, 1.807) is 0 Å². The lowest BCUT2D eigenvalue weighted by Gasteiger charge is -2.40. The molecule has 2 aliphatic heterocycles. The average molecular weight is 1510 g/mol. The fourth-order valence-corrected chi connectivity index (χ4v) is 23.9. The number of nitrogens with zero attached hydrogens (tertiary/aromatic N) is 4. The first-order valence-corrected chi connectivity index (χ1v) is 41.8. The number of thiophene rings is 2. The van der Waals surface area contributed by atoms with Gasteiger partial charge in [-0.05, 0) is 187 Å². The third kappa shape index (κ3) is 8.50. The van der Waals surface area contributed by atoms with E-state index in [-0.39, 0.29) is 0 Å². The molecule has 18 aromatic carbocycles. The number of fused-ring (bicyclic) bond motifs is 30. The van der Waals surface area contributed by atoms with Crippen LogP contribution in [-0.4, -0.2) is 9.13 Å². The van der Waals surface area contributed by atoms with Crippen LogP contribution in [-0.2, 0) is 10.8 Å². The zero-order valence-electron chi connectivity index (χ0n) is 62.7. The Morgan fingerprint density at radius 2 is 0.672 bits per heavy atom. The van der Waals surface area contributed by atoms with Crippen molar-refractivity contribution in [2.24, 2.45) is 0 Å². The average Bonchev–Trinajstić information content (AvgIpc) is 1.49. The summed E-state index contributed by atoms with van der Waals surface area (Å²) >= 11 is 3.75. The van der Waals surface area contributed by atoms with Gasteiger partial charge in [0.25, 0.3) is 0 Å². The molecule has 22 aromatic rings. The molecule has 4 nitrogen and oxygen atoms in total. The minimum Gasteiger partial charge on any atom is -0.310 e. The van der Waals surface area contributed by atoms with Crippen LogP contribution in [0.5, 0.6) is 0 Å². The second-order valence-corrected chi connectivity index (χ2v) is 33.7. The van der Waals surface area contributed by atoms with E-state index in [0.29, 0.717) is 0 Å².